The van der Waals surface area contributed by atoms with Crippen LogP contribution in [0.3, 0.4) is 0 Å². The molecule has 0 bridgehead atoms. The second kappa shape index (κ2) is 3.98. The van der Waals surface area contributed by atoms with Gasteiger partial charge in [0.2, 0.25) is 0 Å². The highest BCUT2D eigenvalue weighted by Gasteiger charge is 1.93. The molecular formula is C9H12NO. The molecule has 0 heterocycles. The van der Waals surface area contributed by atoms with E-state index in [0.717, 1.165) is 11.3 Å². The summed E-state index contributed by atoms with van der Waals surface area (Å²) in [7, 11) is 1.65. The Balaban J connectivity index is 2.74. The van der Waals surface area contributed by atoms with Crippen LogP contribution in [0.5, 0.6) is 5.75 Å². The van der Waals surface area contributed by atoms with Gasteiger partial charge in [0, 0.05) is 6.42 Å². The van der Waals surface area contributed by atoms with Gasteiger partial charge in [-0.25, -0.2) is 0 Å². The first-order chi connectivity index (χ1) is 5.36. The van der Waals surface area contributed by atoms with Gasteiger partial charge in [-0.05, 0) is 24.2 Å². The van der Waals surface area contributed by atoms with E-state index in [2.05, 4.69) is 0 Å². The van der Waals surface area contributed by atoms with Crippen LogP contribution in [0, 0.1) is 6.42 Å². The molecule has 0 aliphatic rings. The highest BCUT2D eigenvalue weighted by Crippen LogP contribution is 2.12. The summed E-state index contributed by atoms with van der Waals surface area (Å²) in [6.45, 7) is 0.563. The number of methoxy groups -OCH3 is 1. The van der Waals surface area contributed by atoms with Gasteiger partial charge in [0.25, 0.3) is 0 Å². The fraction of sp³-hybridized carbons (Fsp3) is 0.222. The number of hydrogen-bond donors (Lipinski definition) is 1. The maximum atomic E-state index is 5.36. The van der Waals surface area contributed by atoms with Crippen molar-refractivity contribution >= 4 is 0 Å². The van der Waals surface area contributed by atoms with Crippen LogP contribution in [0.2, 0.25) is 0 Å². The van der Waals surface area contributed by atoms with Gasteiger partial charge < -0.3 is 10.5 Å². The Labute approximate surface area is 67.0 Å². The Morgan fingerprint density at radius 3 is 3.00 bits per heavy atom. The zero-order chi connectivity index (χ0) is 8.10. The lowest BCUT2D eigenvalue weighted by atomic mass is 10.1. The summed E-state index contributed by atoms with van der Waals surface area (Å²) in [5.74, 6) is 0.868. The summed E-state index contributed by atoms with van der Waals surface area (Å²) in [5.41, 5.74) is 6.46. The average molecular weight is 150 g/mol. The van der Waals surface area contributed by atoms with Crippen LogP contribution >= 0.6 is 0 Å². The lowest BCUT2D eigenvalue weighted by Gasteiger charge is -2.01. The number of benzene rings is 1. The molecule has 1 rings (SSSR count). The first-order valence-electron chi connectivity index (χ1n) is 3.54. The molecule has 1 radical (unpaired) electrons. The van der Waals surface area contributed by atoms with E-state index in [1.165, 1.54) is 0 Å². The van der Waals surface area contributed by atoms with Gasteiger partial charge in [0.1, 0.15) is 5.75 Å². The molecule has 0 aromatic heterocycles. The quantitative estimate of drug-likeness (QED) is 0.702. The van der Waals surface area contributed by atoms with Crippen molar-refractivity contribution < 1.29 is 4.74 Å². The van der Waals surface area contributed by atoms with E-state index in [0.29, 0.717) is 6.54 Å². The molecule has 1 aromatic rings. The maximum Gasteiger partial charge on any atom is 0.119 e. The highest BCUT2D eigenvalue weighted by atomic mass is 16.5. The van der Waals surface area contributed by atoms with E-state index in [1.54, 1.807) is 7.11 Å². The fourth-order valence-electron chi connectivity index (χ4n) is 0.905. The van der Waals surface area contributed by atoms with E-state index < -0.39 is 0 Å². The minimum Gasteiger partial charge on any atom is -0.497 e. The number of hydrogen-bond acceptors (Lipinski definition) is 2. The molecule has 0 amide bonds. The second-order valence-corrected chi connectivity index (χ2v) is 2.22. The summed E-state index contributed by atoms with van der Waals surface area (Å²) in [6.07, 6.45) is 1.95. The van der Waals surface area contributed by atoms with Crippen molar-refractivity contribution in [3.8, 4) is 5.75 Å². The second-order valence-electron chi connectivity index (χ2n) is 2.22. The van der Waals surface area contributed by atoms with E-state index >= 15 is 0 Å². The van der Waals surface area contributed by atoms with Gasteiger partial charge in [0.15, 0.2) is 0 Å². The first kappa shape index (κ1) is 8.08. The lowest BCUT2D eigenvalue weighted by molar-refractivity contribution is 0.414. The predicted molar refractivity (Wildman–Crippen MR) is 45.5 cm³/mol. The zero-order valence-corrected chi connectivity index (χ0v) is 6.58. The maximum absolute atomic E-state index is 5.36. The van der Waals surface area contributed by atoms with Crippen LogP contribution in [-0.4, -0.2) is 13.7 Å². The predicted octanol–water partition coefficient (Wildman–Crippen LogP) is 1.21. The van der Waals surface area contributed by atoms with Crippen LogP contribution in [0.4, 0.5) is 0 Å². The third-order valence-corrected chi connectivity index (χ3v) is 1.45. The van der Waals surface area contributed by atoms with Gasteiger partial charge >= 0.3 is 0 Å². The number of nitrogens with two attached hydrogens (primary N) is 1. The van der Waals surface area contributed by atoms with E-state index in [-0.39, 0.29) is 0 Å². The molecule has 0 aliphatic carbocycles. The van der Waals surface area contributed by atoms with Gasteiger partial charge in [0.05, 0.1) is 7.11 Å². The van der Waals surface area contributed by atoms with Crippen LogP contribution in [0.25, 0.3) is 0 Å². The molecule has 0 saturated carbocycles. The van der Waals surface area contributed by atoms with E-state index in [1.807, 2.05) is 30.7 Å². The summed E-state index contributed by atoms with van der Waals surface area (Å²) >= 11 is 0. The lowest BCUT2D eigenvalue weighted by Crippen LogP contribution is -1.99. The molecule has 0 spiro atoms. The van der Waals surface area contributed by atoms with Crippen molar-refractivity contribution in [1.29, 1.82) is 0 Å². The summed E-state index contributed by atoms with van der Waals surface area (Å²) in [6, 6.07) is 7.80. The molecular weight excluding hydrogens is 138 g/mol. The normalized spacial score (nSPS) is 9.64. The van der Waals surface area contributed by atoms with Crippen molar-refractivity contribution in [2.75, 3.05) is 13.7 Å². The topological polar surface area (TPSA) is 35.2 Å². The Kier molecular flexibility index (Phi) is 2.93. The third kappa shape index (κ3) is 2.24. The SMILES string of the molecule is COc1cccc([CH]CN)c1. The molecule has 0 aliphatic heterocycles. The van der Waals surface area contributed by atoms with Crippen LogP contribution in [0.15, 0.2) is 24.3 Å². The monoisotopic (exact) mass is 150 g/mol. The molecule has 0 atom stereocenters. The van der Waals surface area contributed by atoms with Gasteiger partial charge in [-0.1, -0.05) is 12.1 Å². The summed E-state index contributed by atoms with van der Waals surface area (Å²) in [5, 5.41) is 0. The molecule has 0 fully saturated rings. The van der Waals surface area contributed by atoms with E-state index in [4.69, 9.17) is 10.5 Å². The Morgan fingerprint density at radius 1 is 1.55 bits per heavy atom. The van der Waals surface area contributed by atoms with Gasteiger partial charge in [-0.2, -0.15) is 0 Å². The standard InChI is InChI=1S/C9H12NO/c1-11-9-4-2-3-8(7-9)5-6-10/h2-5,7H,6,10H2,1H3. The number of rotatable bonds is 3. The average Bonchev–Trinajstić information content (AvgIpc) is 2.06. The zero-order valence-electron chi connectivity index (χ0n) is 6.58. The molecule has 1 aromatic carbocycles. The van der Waals surface area contributed by atoms with Crippen molar-refractivity contribution in [2.24, 2.45) is 5.73 Å². The number of ether oxygens (including phenoxy) is 1. The molecule has 2 nitrogen and oxygen atoms in total. The summed E-state index contributed by atoms with van der Waals surface area (Å²) < 4.78 is 5.04. The Hall–Kier alpha value is -1.02. The largest absolute Gasteiger partial charge is 0.497 e. The molecule has 11 heavy (non-hydrogen) atoms. The molecule has 0 saturated heterocycles. The minimum atomic E-state index is 0.563. The fourth-order valence-corrected chi connectivity index (χ4v) is 0.905. The summed E-state index contributed by atoms with van der Waals surface area (Å²) in [4.78, 5) is 0. The molecule has 2 N–H and O–H groups in total. The van der Waals surface area contributed by atoms with Gasteiger partial charge in [-0.15, -0.1) is 0 Å². The molecule has 0 unspecified atom stereocenters. The van der Waals surface area contributed by atoms with Crippen LogP contribution in [0.1, 0.15) is 5.56 Å². The minimum absolute atomic E-state index is 0.563. The van der Waals surface area contributed by atoms with Crippen molar-refractivity contribution in [3.63, 3.8) is 0 Å². The van der Waals surface area contributed by atoms with Crippen molar-refractivity contribution in [2.45, 2.75) is 0 Å². The third-order valence-electron chi connectivity index (χ3n) is 1.45. The molecule has 2 heteroatoms. The van der Waals surface area contributed by atoms with Crippen molar-refractivity contribution in [3.05, 3.63) is 36.2 Å². The first-order valence-corrected chi connectivity index (χ1v) is 3.54. The smallest absolute Gasteiger partial charge is 0.119 e. The Bertz CT molecular complexity index is 223. The Morgan fingerprint density at radius 2 is 2.36 bits per heavy atom. The van der Waals surface area contributed by atoms with E-state index in [9.17, 15) is 0 Å². The highest BCUT2D eigenvalue weighted by molar-refractivity contribution is 5.32. The van der Waals surface area contributed by atoms with Crippen LogP contribution < -0.4 is 10.5 Å². The van der Waals surface area contributed by atoms with Gasteiger partial charge in [-0.3, -0.25) is 0 Å². The van der Waals surface area contributed by atoms with Crippen LogP contribution in [-0.2, 0) is 0 Å². The molecule has 59 valence electrons. The van der Waals surface area contributed by atoms with Crippen molar-refractivity contribution in [1.82, 2.24) is 0 Å².